The lowest BCUT2D eigenvalue weighted by atomic mass is 10.0. The molecule has 3 aromatic rings. The predicted molar refractivity (Wildman–Crippen MR) is 117 cm³/mol. The van der Waals surface area contributed by atoms with Crippen molar-refractivity contribution >= 4 is 57.1 Å². The molecule has 0 aliphatic rings. The summed E-state index contributed by atoms with van der Waals surface area (Å²) in [6, 6.07) is 10.7. The van der Waals surface area contributed by atoms with Crippen molar-refractivity contribution in [3.8, 4) is 11.1 Å². The molecule has 1 aromatic heterocycles. The number of hydrogen-bond donors (Lipinski definition) is 1. The van der Waals surface area contributed by atoms with Crippen LogP contribution in [0.15, 0.2) is 42.5 Å². The van der Waals surface area contributed by atoms with Gasteiger partial charge in [0.1, 0.15) is 15.6 Å². The van der Waals surface area contributed by atoms with Crippen molar-refractivity contribution < 1.29 is 19.2 Å². The van der Waals surface area contributed by atoms with Gasteiger partial charge in [0.05, 0.1) is 12.0 Å². The van der Waals surface area contributed by atoms with E-state index >= 15 is 0 Å². The zero-order valence-corrected chi connectivity index (χ0v) is 18.0. The summed E-state index contributed by atoms with van der Waals surface area (Å²) in [5.41, 5.74) is 1.10. The Hall–Kier alpha value is -2.94. The van der Waals surface area contributed by atoms with Gasteiger partial charge in [-0.25, -0.2) is 4.79 Å². The third-order valence-corrected chi connectivity index (χ3v) is 5.79. The number of nitrogens with zero attached hydrogens (tertiary/aromatic N) is 1. The number of esters is 1. The van der Waals surface area contributed by atoms with Crippen molar-refractivity contribution in [1.82, 2.24) is 0 Å². The molecular weight excluding hydrogens is 451 g/mol. The Balaban J connectivity index is 2.06. The molecule has 30 heavy (non-hydrogen) atoms. The van der Waals surface area contributed by atoms with Gasteiger partial charge in [0.15, 0.2) is 0 Å². The number of anilines is 1. The fraction of sp³-hybridized carbons (Fsp3) is 0.100. The monoisotopic (exact) mass is 464 g/mol. The lowest BCUT2D eigenvalue weighted by molar-refractivity contribution is -0.384. The number of carbonyl (C=O) groups excluding carboxylic acids is 2. The minimum absolute atomic E-state index is 0.0253. The van der Waals surface area contributed by atoms with E-state index in [1.165, 1.54) is 30.6 Å². The van der Waals surface area contributed by atoms with Gasteiger partial charge in [-0.05, 0) is 36.8 Å². The Morgan fingerprint density at radius 3 is 2.53 bits per heavy atom. The van der Waals surface area contributed by atoms with Gasteiger partial charge in [-0.3, -0.25) is 14.9 Å². The van der Waals surface area contributed by atoms with Crippen LogP contribution in [0.3, 0.4) is 0 Å². The summed E-state index contributed by atoms with van der Waals surface area (Å²) in [6.45, 7) is 1.80. The van der Waals surface area contributed by atoms with Crippen LogP contribution >= 0.6 is 34.5 Å². The zero-order chi connectivity index (χ0) is 22.0. The summed E-state index contributed by atoms with van der Waals surface area (Å²) < 4.78 is 4.91. The molecule has 2 aromatic carbocycles. The summed E-state index contributed by atoms with van der Waals surface area (Å²) >= 11 is 13.1. The molecule has 1 amide bonds. The van der Waals surface area contributed by atoms with Crippen LogP contribution in [0.5, 0.6) is 0 Å². The normalized spacial score (nSPS) is 10.5. The zero-order valence-electron chi connectivity index (χ0n) is 15.7. The van der Waals surface area contributed by atoms with Gasteiger partial charge in [-0.2, -0.15) is 0 Å². The molecule has 3 rings (SSSR count). The van der Waals surface area contributed by atoms with E-state index in [-0.39, 0.29) is 26.8 Å². The number of ether oxygens (including phenoxy) is 1. The van der Waals surface area contributed by atoms with Crippen molar-refractivity contribution in [1.29, 1.82) is 0 Å². The van der Waals surface area contributed by atoms with E-state index < -0.39 is 16.8 Å². The second-order valence-electron chi connectivity index (χ2n) is 6.12. The molecule has 0 saturated heterocycles. The topological polar surface area (TPSA) is 98.5 Å². The number of halogens is 2. The van der Waals surface area contributed by atoms with Gasteiger partial charge in [0.25, 0.3) is 11.6 Å². The first-order valence-electron chi connectivity index (χ1n) is 8.45. The molecular formula is C20H14Cl2N2O5S. The molecule has 0 spiro atoms. The molecule has 1 heterocycles. The summed E-state index contributed by atoms with van der Waals surface area (Å²) in [5, 5.41) is 14.4. The van der Waals surface area contributed by atoms with Crippen LogP contribution in [-0.4, -0.2) is 23.9 Å². The predicted octanol–water partition coefficient (Wildman–Crippen LogP) is 5.98. The smallest absolute Gasteiger partial charge is 0.341 e. The highest BCUT2D eigenvalue weighted by Gasteiger charge is 2.26. The number of nitrogens with one attached hydrogen (secondary N) is 1. The molecule has 0 unspecified atom stereocenters. The average Bonchev–Trinajstić information content (AvgIpc) is 3.03. The maximum absolute atomic E-state index is 12.7. The quantitative estimate of drug-likeness (QED) is 0.284. The number of nitro groups is 1. The average molecular weight is 465 g/mol. The summed E-state index contributed by atoms with van der Waals surface area (Å²) in [5.74, 6) is -1.26. The Kier molecular flexibility index (Phi) is 6.40. The lowest BCUT2D eigenvalue weighted by Crippen LogP contribution is -2.14. The number of carbonyl (C=O) groups is 2. The maximum Gasteiger partial charge on any atom is 0.341 e. The number of methoxy groups -OCH3 is 1. The molecule has 10 heteroatoms. The molecule has 7 nitrogen and oxygen atoms in total. The summed E-state index contributed by atoms with van der Waals surface area (Å²) in [4.78, 5) is 36.4. The highest BCUT2D eigenvalue weighted by molar-refractivity contribution is 7.17. The van der Waals surface area contributed by atoms with Gasteiger partial charge in [-0.1, -0.05) is 35.3 Å². The van der Waals surface area contributed by atoms with Crippen molar-refractivity contribution in [2.24, 2.45) is 0 Å². The highest BCUT2D eigenvalue weighted by atomic mass is 35.5. The maximum atomic E-state index is 12.7. The van der Waals surface area contributed by atoms with Crippen LogP contribution < -0.4 is 5.32 Å². The number of amides is 1. The minimum atomic E-state index is -0.675. The molecule has 0 aliphatic heterocycles. The van der Waals surface area contributed by atoms with Crippen LogP contribution in [-0.2, 0) is 4.74 Å². The first-order chi connectivity index (χ1) is 14.2. The third-order valence-electron chi connectivity index (χ3n) is 4.22. The van der Waals surface area contributed by atoms with Crippen LogP contribution in [0.25, 0.3) is 11.1 Å². The van der Waals surface area contributed by atoms with Crippen LogP contribution in [0, 0.1) is 17.0 Å². The number of rotatable bonds is 5. The third kappa shape index (κ3) is 4.30. The second kappa shape index (κ2) is 8.83. The fourth-order valence-electron chi connectivity index (χ4n) is 2.89. The first kappa shape index (κ1) is 21.8. The molecule has 154 valence electrons. The van der Waals surface area contributed by atoms with E-state index in [1.54, 1.807) is 31.2 Å². The van der Waals surface area contributed by atoms with Crippen molar-refractivity contribution in [3.05, 3.63) is 78.6 Å². The fourth-order valence-corrected chi connectivity index (χ4v) is 4.33. The van der Waals surface area contributed by atoms with Gasteiger partial charge >= 0.3 is 5.97 Å². The molecule has 0 saturated carbocycles. The van der Waals surface area contributed by atoms with Crippen LogP contribution in [0.4, 0.5) is 10.7 Å². The Morgan fingerprint density at radius 1 is 1.17 bits per heavy atom. The van der Waals surface area contributed by atoms with Crippen molar-refractivity contribution in [2.75, 3.05) is 12.4 Å². The van der Waals surface area contributed by atoms with Gasteiger partial charge in [0.2, 0.25) is 0 Å². The molecule has 0 radical (unpaired) electrons. The van der Waals surface area contributed by atoms with Gasteiger partial charge in [0, 0.05) is 27.1 Å². The van der Waals surface area contributed by atoms with E-state index in [2.05, 4.69) is 5.32 Å². The number of benzene rings is 2. The molecule has 0 atom stereocenters. The standard InChI is InChI=1S/C20H14Cl2N2O5S/c1-10-16(11-4-3-5-13(21)8-11)17(20(26)29-2)19(30-10)23-18(25)12-6-7-14(22)15(9-12)24(27)28/h3-9H,1-2H3,(H,23,25). The number of nitro benzene ring substituents is 1. The Labute approximate surface area is 185 Å². The molecule has 1 N–H and O–H groups in total. The van der Waals surface area contributed by atoms with E-state index in [9.17, 15) is 19.7 Å². The summed E-state index contributed by atoms with van der Waals surface area (Å²) in [6.07, 6.45) is 0. The number of hydrogen-bond acceptors (Lipinski definition) is 6. The van der Waals surface area contributed by atoms with E-state index in [0.29, 0.717) is 16.1 Å². The molecule has 0 bridgehead atoms. The highest BCUT2D eigenvalue weighted by Crippen LogP contribution is 2.41. The largest absolute Gasteiger partial charge is 0.465 e. The first-order valence-corrected chi connectivity index (χ1v) is 10.0. The van der Waals surface area contributed by atoms with Gasteiger partial charge < -0.3 is 10.1 Å². The molecule has 0 aliphatic carbocycles. The van der Waals surface area contributed by atoms with Crippen molar-refractivity contribution in [2.45, 2.75) is 6.92 Å². The second-order valence-corrected chi connectivity index (χ2v) is 8.19. The Morgan fingerprint density at radius 2 is 1.90 bits per heavy atom. The SMILES string of the molecule is COC(=O)c1c(NC(=O)c2ccc(Cl)c([N+](=O)[O-])c2)sc(C)c1-c1cccc(Cl)c1. The van der Waals surface area contributed by atoms with Crippen LogP contribution in [0.2, 0.25) is 10.0 Å². The van der Waals surface area contributed by atoms with E-state index in [4.69, 9.17) is 27.9 Å². The lowest BCUT2D eigenvalue weighted by Gasteiger charge is -2.09. The molecule has 0 fully saturated rings. The number of thiophene rings is 1. The van der Waals surface area contributed by atoms with E-state index in [0.717, 1.165) is 10.9 Å². The minimum Gasteiger partial charge on any atom is -0.465 e. The van der Waals surface area contributed by atoms with Crippen LogP contribution in [0.1, 0.15) is 25.6 Å². The van der Waals surface area contributed by atoms with Crippen molar-refractivity contribution in [3.63, 3.8) is 0 Å². The Bertz CT molecular complexity index is 1180. The van der Waals surface area contributed by atoms with Gasteiger partial charge in [-0.15, -0.1) is 11.3 Å². The van der Waals surface area contributed by atoms with E-state index in [1.807, 2.05) is 0 Å². The number of aryl methyl sites for hydroxylation is 1. The summed E-state index contributed by atoms with van der Waals surface area (Å²) in [7, 11) is 1.24.